The number of halogens is 7. The van der Waals surface area contributed by atoms with Crippen molar-refractivity contribution >= 4 is 92.5 Å². The van der Waals surface area contributed by atoms with Crippen LogP contribution in [0.15, 0.2) is 22.2 Å². The fraction of sp³-hybridized carbons (Fsp3) is 0.200. The van der Waals surface area contributed by atoms with Crippen molar-refractivity contribution in [2.24, 2.45) is 0 Å². The van der Waals surface area contributed by atoms with Crippen LogP contribution in [0.25, 0.3) is 0 Å². The number of alkyl halides is 2. The zero-order valence-electron chi connectivity index (χ0n) is 8.29. The van der Waals surface area contributed by atoms with Crippen LogP contribution < -0.4 is 0 Å². The van der Waals surface area contributed by atoms with Crippen molar-refractivity contribution in [2.75, 3.05) is 0 Å². The van der Waals surface area contributed by atoms with Gasteiger partial charge in [0.25, 0.3) is 0 Å². The van der Waals surface area contributed by atoms with Gasteiger partial charge in [0.2, 0.25) is 0 Å². The van der Waals surface area contributed by atoms with E-state index in [1.54, 1.807) is 12.2 Å². The maximum atomic E-state index is 6.51. The molecule has 0 amide bonds. The molecule has 2 rings (SSSR count). The molecule has 2 atom stereocenters. The highest BCUT2D eigenvalue weighted by Crippen LogP contribution is 2.53. The molecule has 0 saturated heterocycles. The van der Waals surface area contributed by atoms with E-state index in [1.807, 2.05) is 0 Å². The Labute approximate surface area is 143 Å². The number of rotatable bonds is 1. The highest BCUT2D eigenvalue weighted by molar-refractivity contribution is 7.18. The van der Waals surface area contributed by atoms with Crippen molar-refractivity contribution in [1.82, 2.24) is 0 Å². The average Bonchev–Trinajstić information content (AvgIpc) is 2.55. The van der Waals surface area contributed by atoms with E-state index >= 15 is 0 Å². The Morgan fingerprint density at radius 2 is 1.61 bits per heavy atom. The highest BCUT2D eigenvalue weighted by Gasteiger charge is 2.42. The minimum absolute atomic E-state index is 0.257. The first kappa shape index (κ1) is 15.6. The number of allylic oxidation sites excluding steroid dienone is 4. The van der Waals surface area contributed by atoms with Gasteiger partial charge in [-0.05, 0) is 12.2 Å². The normalized spacial score (nSPS) is 28.1. The molecule has 0 bridgehead atoms. The molecule has 2 unspecified atom stereocenters. The van der Waals surface area contributed by atoms with Crippen molar-refractivity contribution in [1.29, 1.82) is 0 Å². The van der Waals surface area contributed by atoms with Crippen LogP contribution in [0.2, 0.25) is 14.4 Å². The molecule has 1 aliphatic rings. The fourth-order valence-electron chi connectivity index (χ4n) is 1.46. The van der Waals surface area contributed by atoms with Crippen molar-refractivity contribution in [2.45, 2.75) is 10.3 Å². The van der Waals surface area contributed by atoms with Crippen molar-refractivity contribution in [3.05, 3.63) is 41.5 Å². The van der Waals surface area contributed by atoms with Crippen LogP contribution in [0.5, 0.6) is 0 Å². The Morgan fingerprint density at radius 3 is 2.11 bits per heavy atom. The number of thiophene rings is 1. The van der Waals surface area contributed by atoms with E-state index in [9.17, 15) is 0 Å². The Bertz CT molecular complexity index is 559. The van der Waals surface area contributed by atoms with Gasteiger partial charge in [-0.1, -0.05) is 58.0 Å². The lowest BCUT2D eigenvalue weighted by Gasteiger charge is -2.29. The molecule has 0 aliphatic heterocycles. The summed E-state index contributed by atoms with van der Waals surface area (Å²) in [4.78, 5) is -0.574. The minimum Gasteiger partial charge on any atom is -0.123 e. The van der Waals surface area contributed by atoms with Crippen LogP contribution in [0, 0.1) is 0 Å². The highest BCUT2D eigenvalue weighted by atomic mass is 35.5. The number of hydrogen-bond donors (Lipinski definition) is 0. The summed E-state index contributed by atoms with van der Waals surface area (Å²) in [5.41, 5.74) is 0. The molecule has 0 nitrogen and oxygen atoms in total. The topological polar surface area (TPSA) is 0 Å². The molecule has 98 valence electrons. The van der Waals surface area contributed by atoms with Crippen LogP contribution in [0.4, 0.5) is 0 Å². The molecule has 0 N–H and O–H groups in total. The zero-order valence-corrected chi connectivity index (χ0v) is 14.4. The predicted molar refractivity (Wildman–Crippen MR) is 84.4 cm³/mol. The smallest absolute Gasteiger partial charge is 0.120 e. The summed E-state index contributed by atoms with van der Waals surface area (Å²) in [5, 5.41) is 0.572. The average molecular weight is 403 g/mol. The molecular formula is C10H3Cl7S. The molecule has 0 aromatic carbocycles. The monoisotopic (exact) mass is 400 g/mol. The van der Waals surface area contributed by atoms with Gasteiger partial charge in [-0.15, -0.1) is 34.5 Å². The van der Waals surface area contributed by atoms with E-state index in [4.69, 9.17) is 81.2 Å². The predicted octanol–water partition coefficient (Wildman–Crippen LogP) is 7.01. The van der Waals surface area contributed by atoms with Gasteiger partial charge in [0.1, 0.15) is 9.21 Å². The van der Waals surface area contributed by atoms with Gasteiger partial charge >= 0.3 is 0 Å². The van der Waals surface area contributed by atoms with Gasteiger partial charge in [0.15, 0.2) is 0 Å². The summed E-state index contributed by atoms with van der Waals surface area (Å²) in [5.74, 6) is 0. The first-order valence-corrected chi connectivity index (χ1v) is 8.02. The largest absolute Gasteiger partial charge is 0.123 e. The van der Waals surface area contributed by atoms with Crippen molar-refractivity contribution < 1.29 is 0 Å². The van der Waals surface area contributed by atoms with E-state index < -0.39 is 10.3 Å². The Kier molecular flexibility index (Phi) is 4.80. The van der Waals surface area contributed by atoms with Gasteiger partial charge in [-0.3, -0.25) is 0 Å². The van der Waals surface area contributed by atoms with Crippen LogP contribution in [-0.4, -0.2) is 5.38 Å². The molecule has 8 heteroatoms. The molecule has 1 aromatic rings. The van der Waals surface area contributed by atoms with Crippen LogP contribution in [0.3, 0.4) is 0 Å². The second-order valence-electron chi connectivity index (χ2n) is 3.51. The lowest BCUT2D eigenvalue weighted by Crippen LogP contribution is -2.28. The van der Waals surface area contributed by atoms with Crippen LogP contribution in [-0.2, 0) is 4.87 Å². The SMILES string of the molecule is ClC1=CC(Cl)C(Cl)(c2sc(Cl)c(Cl)c2Cl)C=C1Cl. The second-order valence-corrected chi connectivity index (χ2v) is 7.80. The maximum Gasteiger partial charge on any atom is 0.120 e. The molecule has 1 aliphatic carbocycles. The summed E-state index contributed by atoms with van der Waals surface area (Å²) in [7, 11) is 0. The first-order valence-electron chi connectivity index (χ1n) is 4.50. The maximum absolute atomic E-state index is 6.51. The summed E-state index contributed by atoms with van der Waals surface area (Å²) in [6, 6.07) is 0. The van der Waals surface area contributed by atoms with Crippen molar-refractivity contribution in [3.8, 4) is 0 Å². The van der Waals surface area contributed by atoms with Crippen LogP contribution >= 0.6 is 92.5 Å². The van der Waals surface area contributed by atoms with Gasteiger partial charge in [-0.25, -0.2) is 0 Å². The standard InChI is InChI=1S/C10H3Cl7S/c11-3-1-5(13)10(17,2-4(3)12)8-6(14)7(15)9(16)18-8/h1-2,5H. The van der Waals surface area contributed by atoms with E-state index in [0.29, 0.717) is 19.3 Å². The lowest BCUT2D eigenvalue weighted by atomic mass is 9.97. The molecule has 0 radical (unpaired) electrons. The number of hydrogen-bond acceptors (Lipinski definition) is 1. The summed E-state index contributed by atoms with van der Waals surface area (Å²) in [6.07, 6.45) is 3.09. The Balaban J connectivity index is 2.59. The third-order valence-corrected chi connectivity index (χ3v) is 7.05. The summed E-state index contributed by atoms with van der Waals surface area (Å²) >= 11 is 43.8. The van der Waals surface area contributed by atoms with Crippen LogP contribution in [0.1, 0.15) is 4.88 Å². The third-order valence-electron chi connectivity index (χ3n) is 2.36. The molecule has 0 spiro atoms. The van der Waals surface area contributed by atoms with Gasteiger partial charge < -0.3 is 0 Å². The van der Waals surface area contributed by atoms with Crippen molar-refractivity contribution in [3.63, 3.8) is 0 Å². The molecule has 0 saturated carbocycles. The summed E-state index contributed by atoms with van der Waals surface area (Å²) in [6.45, 7) is 0. The van der Waals surface area contributed by atoms with Gasteiger partial charge in [0, 0.05) is 0 Å². The molecule has 18 heavy (non-hydrogen) atoms. The summed E-state index contributed by atoms with van der Waals surface area (Å²) < 4.78 is 0.353. The van der Waals surface area contributed by atoms with Gasteiger partial charge in [-0.2, -0.15) is 0 Å². The Hall–Kier alpha value is 1.21. The van der Waals surface area contributed by atoms with Gasteiger partial charge in [0.05, 0.1) is 30.4 Å². The first-order chi connectivity index (χ1) is 8.27. The van der Waals surface area contributed by atoms with E-state index in [0.717, 1.165) is 11.3 Å². The van der Waals surface area contributed by atoms with E-state index in [1.165, 1.54) is 0 Å². The van der Waals surface area contributed by atoms with E-state index in [-0.39, 0.29) is 10.0 Å². The third kappa shape index (κ3) is 2.54. The quantitative estimate of drug-likeness (QED) is 0.443. The lowest BCUT2D eigenvalue weighted by molar-refractivity contribution is 0.785. The molecule has 1 heterocycles. The molecule has 1 aromatic heterocycles. The second kappa shape index (κ2) is 5.54. The van der Waals surface area contributed by atoms with E-state index in [2.05, 4.69) is 0 Å². The zero-order chi connectivity index (χ0) is 13.7. The fourth-order valence-corrected chi connectivity index (χ4v) is 4.76. The minimum atomic E-state index is -1.12. The molecular weight excluding hydrogens is 400 g/mol. The molecule has 0 fully saturated rings. The Morgan fingerprint density at radius 1 is 1.00 bits per heavy atom.